The minimum Gasteiger partial charge on any atom is -0.204 e. The highest BCUT2D eigenvalue weighted by Gasteiger charge is 2.30. The molecule has 2 nitrogen and oxygen atoms in total. The van der Waals surface area contributed by atoms with E-state index in [2.05, 4.69) is 26.1 Å². The summed E-state index contributed by atoms with van der Waals surface area (Å²) in [6.45, 7) is 3.95. The number of hydrogen-bond donors (Lipinski definition) is 0. The second-order valence-electron chi connectivity index (χ2n) is 4.03. The lowest BCUT2D eigenvalue weighted by Gasteiger charge is -2.08. The first-order valence-corrected chi connectivity index (χ1v) is 5.62. The van der Waals surface area contributed by atoms with E-state index in [1.165, 1.54) is 0 Å². The first-order chi connectivity index (χ1) is 6.61. The van der Waals surface area contributed by atoms with Gasteiger partial charge in [-0.3, -0.25) is 0 Å². The molecule has 0 atom stereocenters. The van der Waals surface area contributed by atoms with E-state index in [4.69, 9.17) is 0 Å². The van der Waals surface area contributed by atoms with Crippen LogP contribution < -0.4 is 0 Å². The predicted octanol–water partition coefficient (Wildman–Crippen LogP) is 3.38. The van der Waals surface area contributed by atoms with Crippen LogP contribution in [0.25, 0.3) is 0 Å². The Balaban J connectivity index is 2.44. The zero-order chi connectivity index (χ0) is 10.3. The van der Waals surface area contributed by atoms with E-state index in [1.807, 2.05) is 13.8 Å². The number of rotatable bonds is 2. The third-order valence-electron chi connectivity index (χ3n) is 2.42. The van der Waals surface area contributed by atoms with Gasteiger partial charge in [0.05, 0.1) is 10.2 Å². The van der Waals surface area contributed by atoms with Crippen LogP contribution in [-0.2, 0) is 0 Å². The molecule has 0 amide bonds. The van der Waals surface area contributed by atoms with Crippen LogP contribution in [0.1, 0.15) is 49.9 Å². The molecule has 14 heavy (non-hydrogen) atoms. The van der Waals surface area contributed by atoms with Gasteiger partial charge in [-0.1, -0.05) is 13.8 Å². The summed E-state index contributed by atoms with van der Waals surface area (Å²) in [6.07, 6.45) is 2.08. The van der Waals surface area contributed by atoms with Gasteiger partial charge in [0.15, 0.2) is 5.82 Å². The normalized spacial score (nSPS) is 16.4. The molecule has 0 saturated heterocycles. The maximum absolute atomic E-state index is 13.8. The molecule has 1 fully saturated rings. The largest absolute Gasteiger partial charge is 0.204 e. The SMILES string of the molecule is CC(C)c1nnc(C2CC2)c(F)c1Br. The van der Waals surface area contributed by atoms with Crippen LogP contribution in [0.4, 0.5) is 4.39 Å². The molecular formula is C10H12BrFN2. The Bertz CT molecular complexity index is 334. The van der Waals surface area contributed by atoms with Gasteiger partial charge in [0.25, 0.3) is 0 Å². The van der Waals surface area contributed by atoms with Crippen LogP contribution >= 0.6 is 15.9 Å². The van der Waals surface area contributed by atoms with E-state index in [0.29, 0.717) is 21.8 Å². The quantitative estimate of drug-likeness (QED) is 0.813. The van der Waals surface area contributed by atoms with Gasteiger partial charge in [0.2, 0.25) is 0 Å². The van der Waals surface area contributed by atoms with Crippen molar-refractivity contribution in [3.8, 4) is 0 Å². The standard InChI is InChI=1S/C10H12BrFN2/c1-5(2)9-7(11)8(12)10(14-13-9)6-3-4-6/h5-6H,3-4H2,1-2H3. The van der Waals surface area contributed by atoms with Gasteiger partial charge >= 0.3 is 0 Å². The molecule has 4 heteroatoms. The van der Waals surface area contributed by atoms with Crippen LogP contribution in [0.15, 0.2) is 4.47 Å². The molecular weight excluding hydrogens is 247 g/mol. The third-order valence-corrected chi connectivity index (χ3v) is 3.17. The van der Waals surface area contributed by atoms with Gasteiger partial charge in [-0.05, 0) is 34.7 Å². The Morgan fingerprint density at radius 3 is 2.50 bits per heavy atom. The number of nitrogens with zero attached hydrogens (tertiary/aromatic N) is 2. The third kappa shape index (κ3) is 1.67. The van der Waals surface area contributed by atoms with Crippen molar-refractivity contribution in [2.45, 2.75) is 38.5 Å². The lowest BCUT2D eigenvalue weighted by Crippen LogP contribution is -2.04. The Kier molecular flexibility index (Phi) is 2.56. The lowest BCUT2D eigenvalue weighted by atomic mass is 10.1. The zero-order valence-corrected chi connectivity index (χ0v) is 9.81. The minimum absolute atomic E-state index is 0.194. The topological polar surface area (TPSA) is 25.8 Å². The van der Waals surface area contributed by atoms with Crippen molar-refractivity contribution in [2.75, 3.05) is 0 Å². The smallest absolute Gasteiger partial charge is 0.162 e. The maximum atomic E-state index is 13.8. The van der Waals surface area contributed by atoms with Crippen molar-refractivity contribution in [2.24, 2.45) is 0 Å². The molecule has 0 aromatic carbocycles. The Morgan fingerprint density at radius 2 is 2.00 bits per heavy atom. The summed E-state index contributed by atoms with van der Waals surface area (Å²) in [5.74, 6) is 0.283. The highest BCUT2D eigenvalue weighted by molar-refractivity contribution is 9.10. The second-order valence-corrected chi connectivity index (χ2v) is 4.82. The van der Waals surface area contributed by atoms with Crippen molar-refractivity contribution >= 4 is 15.9 Å². The van der Waals surface area contributed by atoms with Crippen molar-refractivity contribution in [3.63, 3.8) is 0 Å². The molecule has 1 aromatic heterocycles. The van der Waals surface area contributed by atoms with Gasteiger partial charge < -0.3 is 0 Å². The molecule has 1 saturated carbocycles. The minimum atomic E-state index is -0.216. The van der Waals surface area contributed by atoms with E-state index in [9.17, 15) is 4.39 Å². The van der Waals surface area contributed by atoms with Crippen molar-refractivity contribution in [1.82, 2.24) is 10.2 Å². The van der Waals surface area contributed by atoms with Gasteiger partial charge in [-0.25, -0.2) is 4.39 Å². The predicted molar refractivity (Wildman–Crippen MR) is 55.8 cm³/mol. The van der Waals surface area contributed by atoms with E-state index < -0.39 is 0 Å². The lowest BCUT2D eigenvalue weighted by molar-refractivity contribution is 0.571. The highest BCUT2D eigenvalue weighted by Crippen LogP contribution is 2.41. The van der Waals surface area contributed by atoms with Crippen molar-refractivity contribution < 1.29 is 4.39 Å². The molecule has 0 N–H and O–H groups in total. The van der Waals surface area contributed by atoms with Crippen LogP contribution in [0.3, 0.4) is 0 Å². The van der Waals surface area contributed by atoms with Crippen LogP contribution in [0, 0.1) is 5.82 Å². The summed E-state index contributed by atoms with van der Waals surface area (Å²) in [7, 11) is 0. The van der Waals surface area contributed by atoms with Crippen molar-refractivity contribution in [3.05, 3.63) is 21.7 Å². The Hall–Kier alpha value is -0.510. The number of hydrogen-bond acceptors (Lipinski definition) is 2. The summed E-state index contributed by atoms with van der Waals surface area (Å²) in [5.41, 5.74) is 1.23. The molecule has 1 aromatic rings. The zero-order valence-electron chi connectivity index (χ0n) is 8.22. The van der Waals surface area contributed by atoms with E-state index in [0.717, 1.165) is 12.8 Å². The van der Waals surface area contributed by atoms with Crippen LogP contribution in [0.5, 0.6) is 0 Å². The molecule has 1 aliphatic carbocycles. The summed E-state index contributed by atoms with van der Waals surface area (Å²) in [6, 6.07) is 0. The van der Waals surface area contributed by atoms with Crippen LogP contribution in [-0.4, -0.2) is 10.2 Å². The molecule has 0 bridgehead atoms. The first-order valence-electron chi connectivity index (χ1n) is 4.82. The summed E-state index contributed by atoms with van der Waals surface area (Å²) in [4.78, 5) is 0. The average molecular weight is 259 g/mol. The molecule has 0 radical (unpaired) electrons. The summed E-state index contributed by atoms with van der Waals surface area (Å²) < 4.78 is 14.3. The molecule has 0 aliphatic heterocycles. The van der Waals surface area contributed by atoms with Crippen LogP contribution in [0.2, 0.25) is 0 Å². The number of halogens is 2. The monoisotopic (exact) mass is 258 g/mol. The molecule has 1 heterocycles. The highest BCUT2D eigenvalue weighted by atomic mass is 79.9. The number of aromatic nitrogens is 2. The fraction of sp³-hybridized carbons (Fsp3) is 0.600. The summed E-state index contributed by atoms with van der Waals surface area (Å²) in [5, 5.41) is 8.03. The van der Waals surface area contributed by atoms with Crippen molar-refractivity contribution in [1.29, 1.82) is 0 Å². The molecule has 76 valence electrons. The maximum Gasteiger partial charge on any atom is 0.162 e. The van der Waals surface area contributed by atoms with Gasteiger partial charge in [0, 0.05) is 5.92 Å². The fourth-order valence-electron chi connectivity index (χ4n) is 1.41. The Labute approximate surface area is 91.1 Å². The van der Waals surface area contributed by atoms with Gasteiger partial charge in [-0.2, -0.15) is 10.2 Å². The molecule has 1 aliphatic rings. The van der Waals surface area contributed by atoms with Gasteiger partial charge in [0.1, 0.15) is 5.69 Å². The molecule has 0 spiro atoms. The van der Waals surface area contributed by atoms with Gasteiger partial charge in [-0.15, -0.1) is 0 Å². The summed E-state index contributed by atoms with van der Waals surface area (Å²) >= 11 is 3.25. The Morgan fingerprint density at radius 1 is 1.36 bits per heavy atom. The molecule has 2 rings (SSSR count). The average Bonchev–Trinajstić information content (AvgIpc) is 2.92. The second kappa shape index (κ2) is 3.57. The fourth-order valence-corrected chi connectivity index (χ4v) is 2.15. The van der Waals surface area contributed by atoms with E-state index in [-0.39, 0.29) is 11.7 Å². The molecule has 0 unspecified atom stereocenters. The first kappa shape index (κ1) is 10.0. The van der Waals surface area contributed by atoms with E-state index >= 15 is 0 Å². The van der Waals surface area contributed by atoms with E-state index in [1.54, 1.807) is 0 Å².